The minimum Gasteiger partial charge on any atom is -0.333 e. The van der Waals surface area contributed by atoms with E-state index in [1.54, 1.807) is 0 Å². The number of amides is 3. The first-order valence-corrected chi connectivity index (χ1v) is 7.29. The van der Waals surface area contributed by atoms with E-state index in [1.165, 1.54) is 5.56 Å². The Hall–Kier alpha value is -1.88. The third kappa shape index (κ3) is 7.46. The number of carbonyl (C=O) groups excluding carboxylic acids is 2. The molecule has 0 aliphatic heterocycles. The van der Waals surface area contributed by atoms with Gasteiger partial charge in [0.1, 0.15) is 6.54 Å². The molecule has 0 bridgehead atoms. The number of likely N-dealkylation sites (N-methyl/N-ethyl adjacent to an activating group) is 1. The molecule has 1 unspecified atom stereocenters. The molecule has 21 heavy (non-hydrogen) atoms. The van der Waals surface area contributed by atoms with Crippen molar-refractivity contribution < 1.29 is 14.5 Å². The standard InChI is InChI=1S/C16H25N3O2/c1-5-19(11-13-9-7-6-8-10-13)12-14(20)17-15(21)18-16(2,3)4/h6-10H,5,11-12H2,1-4H3,(H2,17,18,20,21)/p+1. The molecule has 0 heterocycles. The molecule has 5 nitrogen and oxygen atoms in total. The van der Waals surface area contributed by atoms with Gasteiger partial charge in [-0.1, -0.05) is 30.3 Å². The maximum Gasteiger partial charge on any atom is 0.322 e. The summed E-state index contributed by atoms with van der Waals surface area (Å²) in [7, 11) is 0. The van der Waals surface area contributed by atoms with Crippen LogP contribution in [-0.2, 0) is 11.3 Å². The third-order valence-corrected chi connectivity index (χ3v) is 2.95. The van der Waals surface area contributed by atoms with Crippen LogP contribution in [0, 0.1) is 0 Å². The van der Waals surface area contributed by atoms with Crippen molar-refractivity contribution >= 4 is 11.9 Å². The van der Waals surface area contributed by atoms with Gasteiger partial charge in [-0.25, -0.2) is 4.79 Å². The molecule has 0 radical (unpaired) electrons. The van der Waals surface area contributed by atoms with E-state index in [4.69, 9.17) is 0 Å². The average Bonchev–Trinajstić information content (AvgIpc) is 2.36. The van der Waals surface area contributed by atoms with E-state index in [9.17, 15) is 9.59 Å². The van der Waals surface area contributed by atoms with Crippen molar-refractivity contribution in [1.82, 2.24) is 10.6 Å². The summed E-state index contributed by atoms with van der Waals surface area (Å²) in [5.41, 5.74) is 0.826. The summed E-state index contributed by atoms with van der Waals surface area (Å²) in [5.74, 6) is -0.260. The summed E-state index contributed by atoms with van der Waals surface area (Å²) >= 11 is 0. The smallest absolute Gasteiger partial charge is 0.322 e. The van der Waals surface area contributed by atoms with Gasteiger partial charge in [0, 0.05) is 11.1 Å². The summed E-state index contributed by atoms with van der Waals surface area (Å²) in [5, 5.41) is 5.09. The van der Waals surface area contributed by atoms with Crippen molar-refractivity contribution in [1.29, 1.82) is 0 Å². The number of nitrogens with one attached hydrogen (secondary N) is 3. The van der Waals surface area contributed by atoms with Gasteiger partial charge < -0.3 is 10.2 Å². The van der Waals surface area contributed by atoms with Crippen molar-refractivity contribution in [2.45, 2.75) is 39.8 Å². The number of rotatable bonds is 5. The summed E-state index contributed by atoms with van der Waals surface area (Å²) in [4.78, 5) is 24.7. The van der Waals surface area contributed by atoms with E-state index in [-0.39, 0.29) is 18.0 Å². The summed E-state index contributed by atoms with van der Waals surface area (Å²) < 4.78 is 0. The van der Waals surface area contributed by atoms with Crippen LogP contribution in [0.1, 0.15) is 33.3 Å². The Bertz CT molecular complexity index is 466. The van der Waals surface area contributed by atoms with Gasteiger partial charge in [-0.15, -0.1) is 0 Å². The zero-order valence-electron chi connectivity index (χ0n) is 13.3. The number of quaternary nitrogens is 1. The largest absolute Gasteiger partial charge is 0.333 e. The van der Waals surface area contributed by atoms with E-state index in [0.717, 1.165) is 18.0 Å². The number of imide groups is 1. The Balaban J connectivity index is 2.46. The monoisotopic (exact) mass is 292 g/mol. The molecule has 3 N–H and O–H groups in total. The van der Waals surface area contributed by atoms with E-state index >= 15 is 0 Å². The van der Waals surface area contributed by atoms with Crippen LogP contribution in [0.15, 0.2) is 30.3 Å². The van der Waals surface area contributed by atoms with Crippen LogP contribution in [0.5, 0.6) is 0 Å². The van der Waals surface area contributed by atoms with E-state index < -0.39 is 6.03 Å². The quantitative estimate of drug-likeness (QED) is 0.749. The van der Waals surface area contributed by atoms with Crippen LogP contribution in [-0.4, -0.2) is 30.6 Å². The highest BCUT2D eigenvalue weighted by Crippen LogP contribution is 1.97. The highest BCUT2D eigenvalue weighted by molar-refractivity contribution is 5.94. The lowest BCUT2D eigenvalue weighted by Crippen LogP contribution is -3.11. The van der Waals surface area contributed by atoms with Gasteiger partial charge >= 0.3 is 6.03 Å². The highest BCUT2D eigenvalue weighted by Gasteiger charge is 2.18. The summed E-state index contributed by atoms with van der Waals surface area (Å²) in [6.45, 7) is 9.51. The van der Waals surface area contributed by atoms with Gasteiger partial charge in [0.2, 0.25) is 0 Å². The van der Waals surface area contributed by atoms with Crippen molar-refractivity contribution in [2.75, 3.05) is 13.1 Å². The molecule has 1 aromatic carbocycles. The molecule has 1 atom stereocenters. The lowest BCUT2D eigenvalue weighted by atomic mass is 10.1. The molecule has 0 spiro atoms. The van der Waals surface area contributed by atoms with Crippen LogP contribution < -0.4 is 15.5 Å². The van der Waals surface area contributed by atoms with E-state index in [1.807, 2.05) is 58.0 Å². The molecule has 0 saturated heterocycles. The summed E-state index contributed by atoms with van der Waals surface area (Å²) in [6.07, 6.45) is 0. The molecule has 1 rings (SSSR count). The molecule has 0 saturated carbocycles. The maximum atomic E-state index is 11.9. The van der Waals surface area contributed by atoms with Crippen molar-refractivity contribution in [3.8, 4) is 0 Å². The fraction of sp³-hybridized carbons (Fsp3) is 0.500. The fourth-order valence-corrected chi connectivity index (χ4v) is 1.97. The van der Waals surface area contributed by atoms with Gasteiger partial charge in [0.15, 0.2) is 6.54 Å². The second kappa shape index (κ2) is 7.78. The molecule has 0 aromatic heterocycles. The zero-order chi connectivity index (χ0) is 15.9. The Labute approximate surface area is 126 Å². The van der Waals surface area contributed by atoms with Crippen LogP contribution in [0.2, 0.25) is 0 Å². The minimum absolute atomic E-state index is 0.260. The Morgan fingerprint density at radius 1 is 1.14 bits per heavy atom. The normalized spacial score (nSPS) is 12.6. The fourth-order valence-electron chi connectivity index (χ4n) is 1.97. The van der Waals surface area contributed by atoms with Crippen molar-refractivity contribution in [2.24, 2.45) is 0 Å². The molecule has 0 aliphatic carbocycles. The minimum atomic E-state index is -0.442. The van der Waals surface area contributed by atoms with E-state index in [2.05, 4.69) is 10.6 Å². The molecular weight excluding hydrogens is 266 g/mol. The van der Waals surface area contributed by atoms with Gasteiger partial charge in [0.25, 0.3) is 5.91 Å². The van der Waals surface area contributed by atoms with Crippen LogP contribution in [0.25, 0.3) is 0 Å². The second-order valence-corrected chi connectivity index (χ2v) is 6.20. The van der Waals surface area contributed by atoms with Crippen LogP contribution >= 0.6 is 0 Å². The molecule has 3 amide bonds. The van der Waals surface area contributed by atoms with Gasteiger partial charge in [-0.3, -0.25) is 10.1 Å². The van der Waals surface area contributed by atoms with Gasteiger partial charge in [-0.2, -0.15) is 0 Å². The maximum absolute atomic E-state index is 11.9. The van der Waals surface area contributed by atoms with Gasteiger partial charge in [-0.05, 0) is 27.7 Å². The summed E-state index contributed by atoms with van der Waals surface area (Å²) in [6, 6.07) is 9.58. The predicted octanol–water partition coefficient (Wildman–Crippen LogP) is 0.716. The molecule has 5 heteroatoms. The number of carbonyl (C=O) groups is 2. The van der Waals surface area contributed by atoms with Gasteiger partial charge in [0.05, 0.1) is 6.54 Å². The molecule has 0 fully saturated rings. The lowest BCUT2D eigenvalue weighted by molar-refractivity contribution is -0.904. The highest BCUT2D eigenvalue weighted by atomic mass is 16.2. The topological polar surface area (TPSA) is 62.6 Å². The average molecular weight is 292 g/mol. The SMILES string of the molecule is CC[NH+](CC(=O)NC(=O)NC(C)(C)C)Cc1ccccc1. The van der Waals surface area contributed by atoms with Crippen molar-refractivity contribution in [3.63, 3.8) is 0 Å². The van der Waals surface area contributed by atoms with Crippen molar-refractivity contribution in [3.05, 3.63) is 35.9 Å². The number of hydrogen-bond acceptors (Lipinski definition) is 2. The lowest BCUT2D eigenvalue weighted by Gasteiger charge is -2.21. The first-order valence-electron chi connectivity index (χ1n) is 7.29. The second-order valence-electron chi connectivity index (χ2n) is 6.20. The molecular formula is C16H26N3O2+. The Kier molecular flexibility index (Phi) is 6.37. The third-order valence-electron chi connectivity index (χ3n) is 2.95. The first kappa shape index (κ1) is 17.2. The predicted molar refractivity (Wildman–Crippen MR) is 82.9 cm³/mol. The number of hydrogen-bond donors (Lipinski definition) is 3. The molecule has 116 valence electrons. The number of urea groups is 1. The molecule has 1 aromatic rings. The Morgan fingerprint density at radius 2 is 1.76 bits per heavy atom. The first-order chi connectivity index (χ1) is 9.80. The number of benzene rings is 1. The Morgan fingerprint density at radius 3 is 2.29 bits per heavy atom. The molecule has 0 aliphatic rings. The van der Waals surface area contributed by atoms with Crippen LogP contribution in [0.4, 0.5) is 4.79 Å². The van der Waals surface area contributed by atoms with E-state index in [0.29, 0.717) is 0 Å². The van der Waals surface area contributed by atoms with Crippen LogP contribution in [0.3, 0.4) is 0 Å². The zero-order valence-corrected chi connectivity index (χ0v) is 13.3.